The molecule has 39 heavy (non-hydrogen) atoms. The molecule has 1 atom stereocenters. The van der Waals surface area contributed by atoms with E-state index < -0.39 is 11.6 Å². The van der Waals surface area contributed by atoms with Crippen LogP contribution in [-0.4, -0.2) is 16.7 Å². The Kier molecular flexibility index (Phi) is 7.81. The lowest BCUT2D eigenvalue weighted by molar-refractivity contribution is 0.409. The summed E-state index contributed by atoms with van der Waals surface area (Å²) in [5.74, 6) is -0.467. The van der Waals surface area contributed by atoms with Gasteiger partial charge in [0.05, 0.1) is 18.5 Å². The monoisotopic (exact) mass is 550 g/mol. The maximum atomic E-state index is 14.9. The lowest BCUT2D eigenvalue weighted by atomic mass is 9.71. The van der Waals surface area contributed by atoms with Gasteiger partial charge in [-0.15, -0.1) is 0 Å². The lowest BCUT2D eigenvalue weighted by Gasteiger charge is -2.36. The number of aromatic nitrogens is 2. The minimum atomic E-state index is -0.533. The Balaban J connectivity index is 1.61. The zero-order chi connectivity index (χ0) is 27.7. The summed E-state index contributed by atoms with van der Waals surface area (Å²) in [5.41, 5.74) is 5.28. The fourth-order valence-electron chi connectivity index (χ4n) is 5.70. The Labute approximate surface area is 232 Å². The first kappa shape index (κ1) is 27.4. The molecule has 4 aromatic rings. The van der Waals surface area contributed by atoms with Crippen LogP contribution in [0.1, 0.15) is 66.8 Å². The summed E-state index contributed by atoms with van der Waals surface area (Å²) in [4.78, 5) is 5.01. The molecule has 5 rings (SSSR count). The second-order valence-electron chi connectivity index (χ2n) is 10.4. The minimum Gasteiger partial charge on any atom is -0.496 e. The predicted molar refractivity (Wildman–Crippen MR) is 151 cm³/mol. The van der Waals surface area contributed by atoms with Crippen molar-refractivity contribution in [1.82, 2.24) is 9.55 Å². The Bertz CT molecular complexity index is 1480. The standard InChI is InChI=1S/C32H33F3N2OS/c1-5-7-21-17-26(34)25(27(35)18-21)19-39-31-36-28-8-6-15-32(3,22-9-14-29(38-4)20(2)16-22)30(28)37(31)24-12-10-23(33)11-13-24/h9-14,16-18H,5-8,15,19H2,1-4H3. The van der Waals surface area contributed by atoms with Crippen molar-refractivity contribution in [3.8, 4) is 11.4 Å². The van der Waals surface area contributed by atoms with Gasteiger partial charge in [0.25, 0.3) is 0 Å². The molecule has 0 fully saturated rings. The van der Waals surface area contributed by atoms with Gasteiger partial charge in [0.15, 0.2) is 5.16 Å². The number of methoxy groups -OCH3 is 1. The maximum absolute atomic E-state index is 14.9. The van der Waals surface area contributed by atoms with E-state index in [1.54, 1.807) is 19.2 Å². The quantitative estimate of drug-likeness (QED) is 0.206. The van der Waals surface area contributed by atoms with Gasteiger partial charge in [-0.1, -0.05) is 37.2 Å². The predicted octanol–water partition coefficient (Wildman–Crippen LogP) is 8.49. The molecule has 3 nitrogen and oxygen atoms in total. The maximum Gasteiger partial charge on any atom is 0.173 e. The van der Waals surface area contributed by atoms with E-state index in [0.717, 1.165) is 59.6 Å². The second kappa shape index (κ2) is 11.1. The van der Waals surface area contributed by atoms with Gasteiger partial charge in [-0.05, 0) is 98.7 Å². The van der Waals surface area contributed by atoms with Crippen LogP contribution in [0.2, 0.25) is 0 Å². The van der Waals surface area contributed by atoms with Gasteiger partial charge in [0.1, 0.15) is 23.2 Å². The average Bonchev–Trinajstić information content (AvgIpc) is 3.29. The first-order valence-electron chi connectivity index (χ1n) is 13.4. The molecule has 1 aliphatic carbocycles. The molecular weight excluding hydrogens is 517 g/mol. The highest BCUT2D eigenvalue weighted by atomic mass is 32.2. The summed E-state index contributed by atoms with van der Waals surface area (Å²) in [6.07, 6.45) is 4.12. The van der Waals surface area contributed by atoms with E-state index in [1.165, 1.54) is 36.0 Å². The molecule has 0 spiro atoms. The number of hydrogen-bond donors (Lipinski definition) is 0. The number of fused-ring (bicyclic) bond motifs is 1. The van der Waals surface area contributed by atoms with E-state index >= 15 is 0 Å². The molecular formula is C32H33F3N2OS. The number of imidazole rings is 1. The molecule has 0 aliphatic heterocycles. The average molecular weight is 551 g/mol. The Morgan fingerprint density at radius 3 is 2.38 bits per heavy atom. The van der Waals surface area contributed by atoms with Gasteiger partial charge in [-0.2, -0.15) is 0 Å². The first-order chi connectivity index (χ1) is 18.7. The van der Waals surface area contributed by atoms with Crippen molar-refractivity contribution in [2.24, 2.45) is 0 Å². The molecule has 3 aromatic carbocycles. The van der Waals surface area contributed by atoms with Crippen molar-refractivity contribution in [3.05, 3.63) is 106 Å². The van der Waals surface area contributed by atoms with Crippen molar-refractivity contribution < 1.29 is 17.9 Å². The van der Waals surface area contributed by atoms with Gasteiger partial charge < -0.3 is 4.74 Å². The third kappa shape index (κ3) is 5.21. The van der Waals surface area contributed by atoms with Crippen LogP contribution in [0.4, 0.5) is 13.2 Å². The third-order valence-electron chi connectivity index (χ3n) is 7.73. The van der Waals surface area contributed by atoms with Crippen LogP contribution >= 0.6 is 11.8 Å². The topological polar surface area (TPSA) is 27.1 Å². The van der Waals surface area contributed by atoms with Crippen molar-refractivity contribution in [3.63, 3.8) is 0 Å². The third-order valence-corrected chi connectivity index (χ3v) is 8.70. The fourth-order valence-corrected chi connectivity index (χ4v) is 6.75. The minimum absolute atomic E-state index is 0.0417. The van der Waals surface area contributed by atoms with E-state index in [4.69, 9.17) is 9.72 Å². The van der Waals surface area contributed by atoms with Crippen LogP contribution in [0.25, 0.3) is 5.69 Å². The van der Waals surface area contributed by atoms with Gasteiger partial charge in [-0.25, -0.2) is 18.2 Å². The van der Waals surface area contributed by atoms with Crippen molar-refractivity contribution >= 4 is 11.8 Å². The zero-order valence-electron chi connectivity index (χ0n) is 22.8. The van der Waals surface area contributed by atoms with Gasteiger partial charge in [0.2, 0.25) is 0 Å². The van der Waals surface area contributed by atoms with E-state index in [-0.39, 0.29) is 22.5 Å². The summed E-state index contributed by atoms with van der Waals surface area (Å²) < 4.78 is 51.4. The lowest BCUT2D eigenvalue weighted by Crippen LogP contribution is -2.31. The second-order valence-corrected chi connectivity index (χ2v) is 11.4. The normalized spacial score (nSPS) is 16.8. The zero-order valence-corrected chi connectivity index (χ0v) is 23.6. The molecule has 1 unspecified atom stereocenters. The van der Waals surface area contributed by atoms with E-state index in [2.05, 4.69) is 23.6 Å². The molecule has 1 aromatic heterocycles. The smallest absolute Gasteiger partial charge is 0.173 e. The number of nitrogens with zero attached hydrogens (tertiary/aromatic N) is 2. The van der Waals surface area contributed by atoms with Gasteiger partial charge >= 0.3 is 0 Å². The fraction of sp³-hybridized carbons (Fsp3) is 0.344. The number of aryl methyl sites for hydroxylation is 3. The number of hydrogen-bond acceptors (Lipinski definition) is 3. The summed E-state index contributed by atoms with van der Waals surface area (Å²) in [6, 6.07) is 15.4. The van der Waals surface area contributed by atoms with Crippen molar-refractivity contribution in [1.29, 1.82) is 0 Å². The van der Waals surface area contributed by atoms with E-state index in [1.807, 2.05) is 19.9 Å². The summed E-state index contributed by atoms with van der Waals surface area (Å²) in [7, 11) is 1.67. The molecule has 0 saturated heterocycles. The highest BCUT2D eigenvalue weighted by Gasteiger charge is 2.39. The van der Waals surface area contributed by atoms with Crippen LogP contribution in [0.15, 0.2) is 59.8 Å². The van der Waals surface area contributed by atoms with E-state index in [0.29, 0.717) is 17.1 Å². The molecule has 0 radical (unpaired) electrons. The Morgan fingerprint density at radius 1 is 1.03 bits per heavy atom. The highest BCUT2D eigenvalue weighted by Crippen LogP contribution is 2.46. The summed E-state index contributed by atoms with van der Waals surface area (Å²) in [6.45, 7) is 6.23. The Hall–Kier alpha value is -3.19. The molecule has 1 heterocycles. The van der Waals surface area contributed by atoms with Gasteiger partial charge in [0, 0.05) is 22.4 Å². The molecule has 204 valence electrons. The first-order valence-corrected chi connectivity index (χ1v) is 14.4. The molecule has 0 saturated carbocycles. The van der Waals surface area contributed by atoms with Crippen molar-refractivity contribution in [2.75, 3.05) is 7.11 Å². The summed E-state index contributed by atoms with van der Waals surface area (Å²) >= 11 is 1.30. The number of halogens is 3. The number of ether oxygens (including phenoxy) is 1. The molecule has 7 heteroatoms. The van der Waals surface area contributed by atoms with Gasteiger partial charge in [-0.3, -0.25) is 4.57 Å². The van der Waals surface area contributed by atoms with Crippen LogP contribution < -0.4 is 4.74 Å². The van der Waals surface area contributed by atoms with Crippen LogP contribution in [0, 0.1) is 24.4 Å². The van der Waals surface area contributed by atoms with Crippen LogP contribution in [0.5, 0.6) is 5.75 Å². The summed E-state index contributed by atoms with van der Waals surface area (Å²) in [5, 5.41) is 0.640. The number of thioether (sulfide) groups is 1. The SMILES string of the molecule is CCCc1cc(F)c(CSc2nc3c(n2-c2ccc(F)cc2)C(C)(c2ccc(OC)c(C)c2)CCC3)c(F)c1. The van der Waals surface area contributed by atoms with Crippen molar-refractivity contribution in [2.45, 2.75) is 69.2 Å². The molecule has 1 aliphatic rings. The molecule has 0 amide bonds. The number of benzene rings is 3. The molecule has 0 bridgehead atoms. The Morgan fingerprint density at radius 2 is 1.74 bits per heavy atom. The van der Waals surface area contributed by atoms with Crippen LogP contribution in [-0.2, 0) is 24.0 Å². The molecule has 0 N–H and O–H groups in total. The largest absolute Gasteiger partial charge is 0.496 e. The van der Waals surface area contributed by atoms with E-state index in [9.17, 15) is 13.2 Å². The highest BCUT2D eigenvalue weighted by molar-refractivity contribution is 7.98. The van der Waals surface area contributed by atoms with Crippen LogP contribution in [0.3, 0.4) is 0 Å². The number of rotatable bonds is 8.